The molecular weight excluding hydrogens is 783 g/mol. The topological polar surface area (TPSA) is 3.24 Å². The molecule has 0 aromatic heterocycles. The average molecular weight is 832 g/mol. The zero-order chi connectivity index (χ0) is 43.9. The molecule has 0 unspecified atom stereocenters. The second-order valence-electron chi connectivity index (χ2n) is 18.9. The molecule has 12 rings (SSSR count). The lowest BCUT2D eigenvalue weighted by atomic mass is 9.81. The molecule has 10 aromatic rings. The van der Waals surface area contributed by atoms with E-state index in [4.69, 9.17) is 0 Å². The van der Waals surface area contributed by atoms with E-state index >= 15 is 0 Å². The van der Waals surface area contributed by atoms with Crippen LogP contribution < -0.4 is 4.90 Å². The van der Waals surface area contributed by atoms with Crippen molar-refractivity contribution in [2.45, 2.75) is 38.5 Å². The van der Waals surface area contributed by atoms with Gasteiger partial charge < -0.3 is 4.90 Å². The normalized spacial score (nSPS) is 13.8. The molecule has 1 nitrogen and oxygen atoms in total. The van der Waals surface area contributed by atoms with E-state index < -0.39 is 0 Å². The van der Waals surface area contributed by atoms with Crippen molar-refractivity contribution in [3.8, 4) is 66.8 Å². The van der Waals surface area contributed by atoms with Gasteiger partial charge in [0.1, 0.15) is 0 Å². The molecule has 0 spiro atoms. The largest absolute Gasteiger partial charge is 0.310 e. The van der Waals surface area contributed by atoms with E-state index in [-0.39, 0.29) is 10.8 Å². The Bertz CT molecular complexity index is 3460. The van der Waals surface area contributed by atoms with Crippen LogP contribution in [-0.4, -0.2) is 0 Å². The molecule has 0 bridgehead atoms. The van der Waals surface area contributed by atoms with Crippen LogP contribution in [-0.2, 0) is 10.8 Å². The van der Waals surface area contributed by atoms with Crippen LogP contribution in [0.4, 0.5) is 17.1 Å². The summed E-state index contributed by atoms with van der Waals surface area (Å²) in [7, 11) is 0. The number of nitrogens with zero attached hydrogens (tertiary/aromatic N) is 1. The maximum atomic E-state index is 2.47. The standard InChI is InChI=1S/C64H49N/c1-63(2)58-23-12-10-21-54(58)55-36-31-47(39-59(55)63)44-29-33-49(34-30-44)65(62-24-13-11-20-53(62)46-27-25-43(26-28-46)42-15-6-5-7-16-42)50-35-38-57-56-37-32-48(40-60(56)64(3,4)61(57)41-50)52-22-14-18-45-17-8-9-19-51(45)52/h5-41H,1-4H3. The average Bonchev–Trinajstić information content (AvgIpc) is 3.73. The van der Waals surface area contributed by atoms with Crippen molar-refractivity contribution in [2.75, 3.05) is 4.90 Å². The molecule has 0 amide bonds. The Labute approximate surface area is 383 Å². The Balaban J connectivity index is 0.966. The third-order valence-electron chi connectivity index (χ3n) is 14.5. The predicted octanol–water partition coefficient (Wildman–Crippen LogP) is 17.6. The van der Waals surface area contributed by atoms with Crippen molar-refractivity contribution < 1.29 is 0 Å². The Kier molecular flexibility index (Phi) is 8.94. The summed E-state index contributed by atoms with van der Waals surface area (Å²) in [5, 5.41) is 2.55. The lowest BCUT2D eigenvalue weighted by Crippen LogP contribution is -2.17. The molecule has 0 saturated heterocycles. The lowest BCUT2D eigenvalue weighted by molar-refractivity contribution is 0.660. The number of para-hydroxylation sites is 1. The van der Waals surface area contributed by atoms with E-state index in [0.717, 1.165) is 17.1 Å². The van der Waals surface area contributed by atoms with Crippen molar-refractivity contribution >= 4 is 27.8 Å². The summed E-state index contributed by atoms with van der Waals surface area (Å²) >= 11 is 0. The minimum absolute atomic E-state index is 0.0554. The maximum Gasteiger partial charge on any atom is 0.0540 e. The predicted molar refractivity (Wildman–Crippen MR) is 276 cm³/mol. The summed E-state index contributed by atoms with van der Waals surface area (Å²) in [6, 6.07) is 83.3. The van der Waals surface area contributed by atoms with Crippen LogP contribution in [0.3, 0.4) is 0 Å². The van der Waals surface area contributed by atoms with Crippen molar-refractivity contribution in [3.63, 3.8) is 0 Å². The molecule has 0 saturated carbocycles. The van der Waals surface area contributed by atoms with Crippen molar-refractivity contribution in [1.29, 1.82) is 0 Å². The maximum absolute atomic E-state index is 2.47. The summed E-state index contributed by atoms with van der Waals surface area (Å²) in [5.74, 6) is 0. The molecule has 2 aliphatic rings. The fourth-order valence-electron chi connectivity index (χ4n) is 11.0. The number of anilines is 3. The van der Waals surface area contributed by atoms with Gasteiger partial charge in [-0.05, 0) is 137 Å². The molecule has 0 atom stereocenters. The van der Waals surface area contributed by atoms with Gasteiger partial charge in [0.25, 0.3) is 0 Å². The first kappa shape index (κ1) is 38.9. The highest BCUT2D eigenvalue weighted by Gasteiger charge is 2.37. The third-order valence-corrected chi connectivity index (χ3v) is 14.5. The van der Waals surface area contributed by atoms with E-state index in [1.807, 2.05) is 0 Å². The van der Waals surface area contributed by atoms with E-state index in [9.17, 15) is 0 Å². The van der Waals surface area contributed by atoms with E-state index in [2.05, 4.69) is 257 Å². The molecule has 0 radical (unpaired) electrons. The lowest BCUT2D eigenvalue weighted by Gasteiger charge is -2.30. The van der Waals surface area contributed by atoms with Crippen LogP contribution in [0.1, 0.15) is 49.9 Å². The van der Waals surface area contributed by atoms with Gasteiger partial charge in [0, 0.05) is 27.8 Å². The second-order valence-corrected chi connectivity index (χ2v) is 18.9. The molecule has 10 aromatic carbocycles. The summed E-state index contributed by atoms with van der Waals surface area (Å²) in [6.07, 6.45) is 0. The third kappa shape index (κ3) is 6.29. The van der Waals surface area contributed by atoms with Crippen molar-refractivity contribution in [3.05, 3.63) is 247 Å². The van der Waals surface area contributed by atoms with Gasteiger partial charge in [-0.3, -0.25) is 0 Å². The molecule has 310 valence electrons. The van der Waals surface area contributed by atoms with Gasteiger partial charge in [-0.1, -0.05) is 210 Å². The van der Waals surface area contributed by atoms with E-state index in [0.29, 0.717) is 0 Å². The molecule has 1 heteroatoms. The van der Waals surface area contributed by atoms with E-state index in [1.165, 1.54) is 99.8 Å². The Hall–Kier alpha value is -7.74. The van der Waals surface area contributed by atoms with Crippen LogP contribution in [0.15, 0.2) is 224 Å². The number of benzene rings is 10. The van der Waals surface area contributed by atoms with Crippen LogP contribution >= 0.6 is 0 Å². The minimum Gasteiger partial charge on any atom is -0.310 e. The Morgan fingerprint density at radius 3 is 1.51 bits per heavy atom. The first-order valence-electron chi connectivity index (χ1n) is 22.9. The van der Waals surface area contributed by atoms with Crippen LogP contribution in [0, 0.1) is 0 Å². The first-order chi connectivity index (χ1) is 31.7. The van der Waals surface area contributed by atoms with E-state index in [1.54, 1.807) is 0 Å². The number of fused-ring (bicyclic) bond motifs is 7. The molecule has 0 fully saturated rings. The monoisotopic (exact) mass is 831 g/mol. The fourth-order valence-corrected chi connectivity index (χ4v) is 11.0. The summed E-state index contributed by atoms with van der Waals surface area (Å²) < 4.78 is 0. The Morgan fingerprint density at radius 1 is 0.277 bits per heavy atom. The quantitative estimate of drug-likeness (QED) is 0.155. The van der Waals surface area contributed by atoms with Gasteiger partial charge in [-0.15, -0.1) is 0 Å². The highest BCUT2D eigenvalue weighted by molar-refractivity contribution is 5.98. The smallest absolute Gasteiger partial charge is 0.0540 e. The molecule has 2 aliphatic carbocycles. The van der Waals surface area contributed by atoms with Gasteiger partial charge in [-0.2, -0.15) is 0 Å². The number of hydrogen-bond donors (Lipinski definition) is 0. The fraction of sp³-hybridized carbons (Fsp3) is 0.0938. The zero-order valence-electron chi connectivity index (χ0n) is 37.3. The molecule has 65 heavy (non-hydrogen) atoms. The highest BCUT2D eigenvalue weighted by atomic mass is 15.1. The summed E-state index contributed by atoms with van der Waals surface area (Å²) in [5.41, 5.74) is 23.7. The van der Waals surface area contributed by atoms with Crippen LogP contribution in [0.5, 0.6) is 0 Å². The van der Waals surface area contributed by atoms with Crippen LogP contribution in [0.2, 0.25) is 0 Å². The van der Waals surface area contributed by atoms with Crippen molar-refractivity contribution in [1.82, 2.24) is 0 Å². The van der Waals surface area contributed by atoms with Gasteiger partial charge in [0.2, 0.25) is 0 Å². The van der Waals surface area contributed by atoms with Gasteiger partial charge >= 0.3 is 0 Å². The molecular formula is C64H49N. The molecule has 0 N–H and O–H groups in total. The summed E-state index contributed by atoms with van der Waals surface area (Å²) in [4.78, 5) is 2.47. The van der Waals surface area contributed by atoms with Gasteiger partial charge in [-0.25, -0.2) is 0 Å². The zero-order valence-corrected chi connectivity index (χ0v) is 37.3. The first-order valence-corrected chi connectivity index (χ1v) is 22.9. The molecule has 0 heterocycles. The second kappa shape index (κ2) is 14.9. The van der Waals surface area contributed by atoms with Crippen molar-refractivity contribution in [2.24, 2.45) is 0 Å². The van der Waals surface area contributed by atoms with Crippen LogP contribution in [0.25, 0.3) is 77.5 Å². The Morgan fingerprint density at radius 2 is 0.738 bits per heavy atom. The molecule has 0 aliphatic heterocycles. The minimum atomic E-state index is -0.218. The highest BCUT2D eigenvalue weighted by Crippen LogP contribution is 2.53. The number of hydrogen-bond acceptors (Lipinski definition) is 1. The van der Waals surface area contributed by atoms with Gasteiger partial charge in [0.15, 0.2) is 0 Å². The summed E-state index contributed by atoms with van der Waals surface area (Å²) in [6.45, 7) is 9.50. The SMILES string of the molecule is CC1(C)c2ccccc2-c2ccc(-c3ccc(N(c4ccc5c(c4)C(C)(C)c4cc(-c6cccc7ccccc67)ccc4-5)c4ccccc4-c4ccc(-c5ccccc5)cc4)cc3)cc21. The van der Waals surface area contributed by atoms with Gasteiger partial charge in [0.05, 0.1) is 5.69 Å². The number of rotatable bonds is 7.